The number of hydrogen-bond acceptors (Lipinski definition) is 3. The molecule has 0 aliphatic heterocycles. The van der Waals surface area contributed by atoms with Crippen LogP contribution in [0.5, 0.6) is 0 Å². The van der Waals surface area contributed by atoms with Crippen LogP contribution < -0.4 is 5.32 Å². The van der Waals surface area contributed by atoms with E-state index in [9.17, 15) is 4.79 Å². The van der Waals surface area contributed by atoms with Crippen molar-refractivity contribution in [3.63, 3.8) is 0 Å². The highest BCUT2D eigenvalue weighted by molar-refractivity contribution is 7.14. The molecule has 1 aromatic heterocycles. The van der Waals surface area contributed by atoms with Gasteiger partial charge >= 0.3 is 0 Å². The lowest BCUT2D eigenvalue weighted by Crippen LogP contribution is -2.21. The molecule has 1 aromatic carbocycles. The second-order valence-electron chi connectivity index (χ2n) is 5.28. The van der Waals surface area contributed by atoms with Crippen molar-refractivity contribution < 1.29 is 4.79 Å². The van der Waals surface area contributed by atoms with Crippen LogP contribution >= 0.6 is 22.9 Å². The number of carbonyl (C=O) groups excluding carboxylic acids is 1. The van der Waals surface area contributed by atoms with E-state index in [1.807, 2.05) is 36.6 Å². The fourth-order valence-electron chi connectivity index (χ4n) is 2.04. The molecular weight excluding hydrogens is 304 g/mol. The molecule has 0 radical (unpaired) electrons. The summed E-state index contributed by atoms with van der Waals surface area (Å²) >= 11 is 7.51. The van der Waals surface area contributed by atoms with Gasteiger partial charge in [0.05, 0.1) is 4.34 Å². The quantitative estimate of drug-likeness (QED) is 0.893. The SMILES string of the molecule is Cc1ccc(C(=O)N(C)C)cc1NC(C)c1csc(Cl)c1. The third-order valence-electron chi connectivity index (χ3n) is 3.35. The molecule has 0 spiro atoms. The average Bonchev–Trinajstić information content (AvgIpc) is 2.87. The molecule has 3 nitrogen and oxygen atoms in total. The largest absolute Gasteiger partial charge is 0.378 e. The predicted molar refractivity (Wildman–Crippen MR) is 90.6 cm³/mol. The van der Waals surface area contributed by atoms with Gasteiger partial charge in [-0.25, -0.2) is 0 Å². The van der Waals surface area contributed by atoms with Gasteiger partial charge < -0.3 is 10.2 Å². The van der Waals surface area contributed by atoms with Crippen LogP contribution in [0.1, 0.15) is 34.5 Å². The third-order valence-corrected chi connectivity index (χ3v) is 4.46. The van der Waals surface area contributed by atoms with E-state index in [1.54, 1.807) is 19.0 Å². The number of nitrogens with one attached hydrogen (secondary N) is 1. The molecule has 1 N–H and O–H groups in total. The van der Waals surface area contributed by atoms with Gasteiger partial charge in [-0.2, -0.15) is 0 Å². The Balaban J connectivity index is 2.23. The molecule has 1 amide bonds. The normalized spacial score (nSPS) is 12.0. The highest BCUT2D eigenvalue weighted by atomic mass is 35.5. The summed E-state index contributed by atoms with van der Waals surface area (Å²) in [5.74, 6) is 0.00396. The molecule has 0 saturated carbocycles. The zero-order valence-corrected chi connectivity index (χ0v) is 14.2. The van der Waals surface area contributed by atoms with E-state index in [2.05, 4.69) is 12.2 Å². The summed E-state index contributed by atoms with van der Waals surface area (Å²) in [6.45, 7) is 4.11. The Bertz CT molecular complexity index is 651. The van der Waals surface area contributed by atoms with Crippen molar-refractivity contribution in [1.29, 1.82) is 0 Å². The molecule has 5 heteroatoms. The number of nitrogens with zero attached hydrogens (tertiary/aromatic N) is 1. The van der Waals surface area contributed by atoms with Gasteiger partial charge in [-0.05, 0) is 48.6 Å². The van der Waals surface area contributed by atoms with Gasteiger partial charge in [-0.3, -0.25) is 4.79 Å². The van der Waals surface area contributed by atoms with E-state index in [-0.39, 0.29) is 11.9 Å². The van der Waals surface area contributed by atoms with Crippen molar-refractivity contribution in [2.75, 3.05) is 19.4 Å². The maximum Gasteiger partial charge on any atom is 0.253 e. The minimum Gasteiger partial charge on any atom is -0.378 e. The maximum atomic E-state index is 12.0. The van der Waals surface area contributed by atoms with E-state index in [0.717, 1.165) is 21.2 Å². The number of aryl methyl sites for hydroxylation is 1. The van der Waals surface area contributed by atoms with Gasteiger partial charge in [0.1, 0.15) is 0 Å². The molecule has 0 aliphatic carbocycles. The summed E-state index contributed by atoms with van der Waals surface area (Å²) in [4.78, 5) is 13.6. The second-order valence-corrected chi connectivity index (χ2v) is 6.82. The van der Waals surface area contributed by atoms with E-state index in [0.29, 0.717) is 5.56 Å². The number of thiophene rings is 1. The Hall–Kier alpha value is -1.52. The van der Waals surface area contributed by atoms with Gasteiger partial charge in [0.25, 0.3) is 5.91 Å². The van der Waals surface area contributed by atoms with Crippen molar-refractivity contribution in [3.8, 4) is 0 Å². The summed E-state index contributed by atoms with van der Waals surface area (Å²) < 4.78 is 0.784. The lowest BCUT2D eigenvalue weighted by Gasteiger charge is -2.18. The highest BCUT2D eigenvalue weighted by Gasteiger charge is 2.13. The molecule has 2 rings (SSSR count). The number of amides is 1. The van der Waals surface area contributed by atoms with Crippen LogP contribution in [0.15, 0.2) is 29.6 Å². The van der Waals surface area contributed by atoms with Gasteiger partial charge in [-0.15, -0.1) is 11.3 Å². The van der Waals surface area contributed by atoms with Gasteiger partial charge in [-0.1, -0.05) is 17.7 Å². The minimum absolute atomic E-state index is 0.00396. The summed E-state index contributed by atoms with van der Waals surface area (Å²) in [7, 11) is 3.51. The number of halogens is 1. The fraction of sp³-hybridized carbons (Fsp3) is 0.312. The monoisotopic (exact) mass is 322 g/mol. The van der Waals surface area contributed by atoms with Crippen molar-refractivity contribution in [2.24, 2.45) is 0 Å². The Labute approximate surface area is 134 Å². The fourth-order valence-corrected chi connectivity index (χ4v) is 3.02. The molecule has 0 fully saturated rings. The van der Waals surface area contributed by atoms with Crippen LogP contribution in [0.4, 0.5) is 5.69 Å². The number of benzene rings is 1. The van der Waals surface area contributed by atoms with Gasteiger partial charge in [0.2, 0.25) is 0 Å². The number of carbonyl (C=O) groups is 1. The molecular formula is C16H19ClN2OS. The summed E-state index contributed by atoms with van der Waals surface area (Å²) in [6.07, 6.45) is 0. The average molecular weight is 323 g/mol. The van der Waals surface area contributed by atoms with Crippen molar-refractivity contribution in [2.45, 2.75) is 19.9 Å². The minimum atomic E-state index is 0.00396. The van der Waals surface area contributed by atoms with Gasteiger partial charge in [0, 0.05) is 31.4 Å². The standard InChI is InChI=1S/C16H19ClN2OS/c1-10-5-6-12(16(20)19(3)4)7-14(10)18-11(2)13-8-15(17)21-9-13/h5-9,11,18H,1-4H3. The van der Waals surface area contributed by atoms with Crippen LogP contribution in [-0.4, -0.2) is 24.9 Å². The first-order valence-corrected chi connectivity index (χ1v) is 7.97. The first-order chi connectivity index (χ1) is 9.88. The van der Waals surface area contributed by atoms with Crippen LogP contribution in [0.25, 0.3) is 0 Å². The molecule has 1 atom stereocenters. The lowest BCUT2D eigenvalue weighted by atomic mass is 10.1. The Morgan fingerprint density at radius 3 is 2.62 bits per heavy atom. The maximum absolute atomic E-state index is 12.0. The van der Waals surface area contributed by atoms with E-state index >= 15 is 0 Å². The van der Waals surface area contributed by atoms with Crippen LogP contribution in [-0.2, 0) is 0 Å². The van der Waals surface area contributed by atoms with E-state index < -0.39 is 0 Å². The first kappa shape index (κ1) is 15.9. The molecule has 0 aliphatic rings. The molecule has 21 heavy (non-hydrogen) atoms. The molecule has 1 heterocycles. The molecule has 0 saturated heterocycles. The summed E-state index contributed by atoms with van der Waals surface area (Å²) in [5.41, 5.74) is 3.91. The molecule has 1 unspecified atom stereocenters. The van der Waals surface area contributed by atoms with Crippen LogP contribution in [0.3, 0.4) is 0 Å². The Kier molecular flexibility index (Phi) is 4.91. The zero-order valence-electron chi connectivity index (χ0n) is 12.6. The predicted octanol–water partition coefficient (Wildman–Crippen LogP) is 4.58. The topological polar surface area (TPSA) is 32.3 Å². The molecule has 2 aromatic rings. The molecule has 112 valence electrons. The lowest BCUT2D eigenvalue weighted by molar-refractivity contribution is 0.0827. The zero-order chi connectivity index (χ0) is 15.6. The number of anilines is 1. The second kappa shape index (κ2) is 6.50. The van der Waals surface area contributed by atoms with Crippen molar-refractivity contribution in [3.05, 3.63) is 50.7 Å². The smallest absolute Gasteiger partial charge is 0.253 e. The Morgan fingerprint density at radius 1 is 1.33 bits per heavy atom. The summed E-state index contributed by atoms with van der Waals surface area (Å²) in [6, 6.07) is 7.83. The third kappa shape index (κ3) is 3.77. The van der Waals surface area contributed by atoms with E-state index in [4.69, 9.17) is 11.6 Å². The van der Waals surface area contributed by atoms with Gasteiger partial charge in [0.15, 0.2) is 0 Å². The number of rotatable bonds is 4. The van der Waals surface area contributed by atoms with Crippen LogP contribution in [0.2, 0.25) is 4.34 Å². The first-order valence-electron chi connectivity index (χ1n) is 6.71. The highest BCUT2D eigenvalue weighted by Crippen LogP contribution is 2.28. The van der Waals surface area contributed by atoms with Crippen molar-refractivity contribution >= 4 is 34.5 Å². The van der Waals surface area contributed by atoms with Crippen molar-refractivity contribution in [1.82, 2.24) is 4.90 Å². The Morgan fingerprint density at radius 2 is 2.05 bits per heavy atom. The summed E-state index contributed by atoms with van der Waals surface area (Å²) in [5, 5.41) is 5.50. The number of hydrogen-bond donors (Lipinski definition) is 1. The molecule has 0 bridgehead atoms. The van der Waals surface area contributed by atoms with Crippen LogP contribution in [0, 0.1) is 6.92 Å². The van der Waals surface area contributed by atoms with E-state index in [1.165, 1.54) is 11.3 Å².